The lowest BCUT2D eigenvalue weighted by atomic mass is 9.95. The summed E-state index contributed by atoms with van der Waals surface area (Å²) in [6.45, 7) is 0.999. The van der Waals surface area contributed by atoms with Crippen molar-refractivity contribution in [2.75, 3.05) is 26.8 Å². The monoisotopic (exact) mass is 340 g/mol. The number of hydrogen-bond donors (Lipinski definition) is 2. The molecule has 0 saturated carbocycles. The van der Waals surface area contributed by atoms with Crippen molar-refractivity contribution < 1.29 is 14.6 Å². The number of ether oxygens (including phenoxy) is 1. The smallest absolute Gasteiger partial charge is 0.317 e. The predicted octanol–water partition coefficient (Wildman–Crippen LogP) is 2.73. The first-order valence-electron chi connectivity index (χ1n) is 8.62. The van der Waals surface area contributed by atoms with E-state index in [1.54, 1.807) is 7.05 Å². The fraction of sp³-hybridized carbons (Fsp3) is 0.350. The number of hydrogen-bond acceptors (Lipinski definition) is 3. The number of nitrogens with one attached hydrogen (secondary N) is 1. The van der Waals surface area contributed by atoms with Gasteiger partial charge in [0.15, 0.2) is 0 Å². The highest BCUT2D eigenvalue weighted by molar-refractivity contribution is 5.75. The van der Waals surface area contributed by atoms with Crippen LogP contribution in [0.2, 0.25) is 0 Å². The lowest BCUT2D eigenvalue weighted by Gasteiger charge is -2.25. The molecule has 0 saturated heterocycles. The second kappa shape index (κ2) is 8.03. The summed E-state index contributed by atoms with van der Waals surface area (Å²) >= 11 is 0. The zero-order chi connectivity index (χ0) is 17.6. The van der Waals surface area contributed by atoms with Crippen LogP contribution in [0.4, 0.5) is 4.79 Å². The Hall–Kier alpha value is -2.53. The molecular weight excluding hydrogens is 316 g/mol. The van der Waals surface area contributed by atoms with Gasteiger partial charge >= 0.3 is 6.03 Å². The van der Waals surface area contributed by atoms with E-state index >= 15 is 0 Å². The van der Waals surface area contributed by atoms with Crippen molar-refractivity contribution in [3.05, 3.63) is 65.2 Å². The lowest BCUT2D eigenvalue weighted by molar-refractivity contribution is 0.188. The van der Waals surface area contributed by atoms with E-state index in [-0.39, 0.29) is 18.7 Å². The molecule has 132 valence electrons. The Bertz CT molecular complexity index is 718. The van der Waals surface area contributed by atoms with E-state index in [0.29, 0.717) is 6.54 Å². The van der Waals surface area contributed by atoms with Crippen LogP contribution < -0.4 is 10.1 Å². The van der Waals surface area contributed by atoms with E-state index in [2.05, 4.69) is 11.4 Å². The molecule has 1 aliphatic rings. The van der Waals surface area contributed by atoms with E-state index in [4.69, 9.17) is 9.84 Å². The molecule has 1 unspecified atom stereocenters. The maximum atomic E-state index is 12.5. The summed E-state index contributed by atoms with van der Waals surface area (Å²) in [6, 6.07) is 15.6. The quantitative estimate of drug-likeness (QED) is 0.880. The summed E-state index contributed by atoms with van der Waals surface area (Å²) in [4.78, 5) is 13.9. The van der Waals surface area contributed by atoms with Crippen molar-refractivity contribution in [2.45, 2.75) is 18.9 Å². The maximum absolute atomic E-state index is 12.5. The molecule has 2 aromatic rings. The first-order chi connectivity index (χ1) is 12.2. The molecule has 0 aliphatic carbocycles. The fourth-order valence-electron chi connectivity index (χ4n) is 3.05. The summed E-state index contributed by atoms with van der Waals surface area (Å²) in [6.07, 6.45) is 2.00. The minimum atomic E-state index is -0.248. The van der Waals surface area contributed by atoms with Gasteiger partial charge in [-0.25, -0.2) is 4.79 Å². The van der Waals surface area contributed by atoms with Crippen LogP contribution in [-0.4, -0.2) is 42.8 Å². The van der Waals surface area contributed by atoms with Crippen LogP contribution in [0.5, 0.6) is 5.75 Å². The molecule has 5 heteroatoms. The van der Waals surface area contributed by atoms with Gasteiger partial charge in [0.25, 0.3) is 0 Å². The number of benzene rings is 2. The molecule has 5 nitrogen and oxygen atoms in total. The zero-order valence-corrected chi connectivity index (χ0v) is 14.4. The number of aliphatic hydroxyl groups is 1. The average Bonchev–Trinajstić information content (AvgIpc) is 2.66. The highest BCUT2D eigenvalue weighted by atomic mass is 16.5. The summed E-state index contributed by atoms with van der Waals surface area (Å²) in [5.74, 6) is 0.936. The van der Waals surface area contributed by atoms with Crippen molar-refractivity contribution in [1.29, 1.82) is 0 Å². The third-order valence-electron chi connectivity index (χ3n) is 4.45. The van der Waals surface area contributed by atoms with E-state index < -0.39 is 0 Å². The van der Waals surface area contributed by atoms with Crippen molar-refractivity contribution in [1.82, 2.24) is 10.2 Å². The van der Waals surface area contributed by atoms with Crippen LogP contribution >= 0.6 is 0 Å². The predicted molar refractivity (Wildman–Crippen MR) is 96.8 cm³/mol. The standard InChI is InChI=1S/C20H24N2O3/c1-22(11-12-23)20(24)21-19(15-6-3-2-4-7-15)17-9-10-18-16(14-17)8-5-13-25-18/h2-4,6-7,9-10,14,19,23H,5,8,11-13H2,1H3,(H,21,24). The molecule has 3 rings (SSSR count). The molecule has 1 atom stereocenters. The first-order valence-corrected chi connectivity index (χ1v) is 8.62. The molecule has 2 aromatic carbocycles. The van der Waals surface area contributed by atoms with Crippen molar-refractivity contribution in [3.8, 4) is 5.75 Å². The lowest BCUT2D eigenvalue weighted by Crippen LogP contribution is -2.41. The fourth-order valence-corrected chi connectivity index (χ4v) is 3.05. The van der Waals surface area contributed by atoms with Crippen molar-refractivity contribution >= 4 is 6.03 Å². The van der Waals surface area contributed by atoms with Gasteiger partial charge in [-0.05, 0) is 41.7 Å². The second-order valence-electron chi connectivity index (χ2n) is 6.26. The van der Waals surface area contributed by atoms with Crippen LogP contribution in [0.25, 0.3) is 0 Å². The number of likely N-dealkylation sites (N-methyl/N-ethyl adjacent to an activating group) is 1. The molecular formula is C20H24N2O3. The Kier molecular flexibility index (Phi) is 5.56. The van der Waals surface area contributed by atoms with Crippen LogP contribution in [-0.2, 0) is 6.42 Å². The molecule has 0 radical (unpaired) electrons. The number of nitrogens with zero attached hydrogens (tertiary/aromatic N) is 1. The SMILES string of the molecule is CN(CCO)C(=O)NC(c1ccccc1)c1ccc2c(c1)CCCO2. The summed E-state index contributed by atoms with van der Waals surface area (Å²) in [7, 11) is 1.67. The molecule has 2 amide bonds. The number of aliphatic hydroxyl groups excluding tert-OH is 1. The highest BCUT2D eigenvalue weighted by Crippen LogP contribution is 2.30. The first kappa shape index (κ1) is 17.3. The molecule has 1 aliphatic heterocycles. The van der Waals surface area contributed by atoms with Gasteiger partial charge in [0.05, 0.1) is 19.3 Å². The Morgan fingerprint density at radius 3 is 2.80 bits per heavy atom. The molecule has 0 spiro atoms. The van der Waals surface area contributed by atoms with Crippen LogP contribution in [0.15, 0.2) is 48.5 Å². The van der Waals surface area contributed by atoms with Gasteiger partial charge in [-0.2, -0.15) is 0 Å². The molecule has 0 fully saturated rings. The molecule has 2 N–H and O–H groups in total. The normalized spacial score (nSPS) is 14.2. The average molecular weight is 340 g/mol. The number of carbonyl (C=O) groups is 1. The Balaban J connectivity index is 1.90. The minimum Gasteiger partial charge on any atom is -0.493 e. The third-order valence-corrected chi connectivity index (χ3v) is 4.45. The second-order valence-corrected chi connectivity index (χ2v) is 6.26. The van der Waals surface area contributed by atoms with Crippen molar-refractivity contribution in [2.24, 2.45) is 0 Å². The summed E-state index contributed by atoms with van der Waals surface area (Å²) in [5, 5.41) is 12.1. The number of aryl methyl sites for hydroxylation is 1. The van der Waals surface area contributed by atoms with E-state index in [1.165, 1.54) is 10.5 Å². The van der Waals surface area contributed by atoms with Gasteiger partial charge in [-0.1, -0.05) is 36.4 Å². The molecule has 25 heavy (non-hydrogen) atoms. The van der Waals surface area contributed by atoms with Crippen LogP contribution in [0.1, 0.15) is 29.2 Å². The van der Waals surface area contributed by atoms with Gasteiger partial charge < -0.3 is 20.1 Å². The van der Waals surface area contributed by atoms with E-state index in [9.17, 15) is 4.79 Å². The highest BCUT2D eigenvalue weighted by Gasteiger charge is 2.21. The van der Waals surface area contributed by atoms with Gasteiger partial charge in [-0.15, -0.1) is 0 Å². The Morgan fingerprint density at radius 2 is 2.04 bits per heavy atom. The summed E-state index contributed by atoms with van der Waals surface area (Å²) in [5.41, 5.74) is 3.23. The maximum Gasteiger partial charge on any atom is 0.317 e. The van der Waals surface area contributed by atoms with Crippen LogP contribution in [0.3, 0.4) is 0 Å². The number of amides is 2. The number of rotatable bonds is 5. The van der Waals surface area contributed by atoms with E-state index in [1.807, 2.05) is 42.5 Å². The largest absolute Gasteiger partial charge is 0.493 e. The van der Waals surface area contributed by atoms with Gasteiger partial charge in [0, 0.05) is 13.6 Å². The van der Waals surface area contributed by atoms with Gasteiger partial charge in [-0.3, -0.25) is 0 Å². The molecule has 0 aromatic heterocycles. The zero-order valence-electron chi connectivity index (χ0n) is 14.4. The Labute approximate surface area is 148 Å². The number of fused-ring (bicyclic) bond motifs is 1. The van der Waals surface area contributed by atoms with Gasteiger partial charge in [0.2, 0.25) is 0 Å². The molecule has 0 bridgehead atoms. The third kappa shape index (κ3) is 4.12. The van der Waals surface area contributed by atoms with Crippen molar-refractivity contribution in [3.63, 3.8) is 0 Å². The number of carbonyl (C=O) groups excluding carboxylic acids is 1. The Morgan fingerprint density at radius 1 is 1.24 bits per heavy atom. The minimum absolute atomic E-state index is 0.0594. The summed E-state index contributed by atoms with van der Waals surface area (Å²) < 4.78 is 5.69. The van der Waals surface area contributed by atoms with Gasteiger partial charge in [0.1, 0.15) is 5.75 Å². The van der Waals surface area contributed by atoms with E-state index in [0.717, 1.165) is 36.3 Å². The van der Waals surface area contributed by atoms with Crippen LogP contribution in [0, 0.1) is 0 Å². The topological polar surface area (TPSA) is 61.8 Å². The number of urea groups is 1. The molecule has 1 heterocycles.